The van der Waals surface area contributed by atoms with Gasteiger partial charge in [0.15, 0.2) is 0 Å². The molecule has 1 aromatic rings. The van der Waals surface area contributed by atoms with Crippen LogP contribution in [0.2, 0.25) is 0 Å². The molecule has 2 atom stereocenters. The first kappa shape index (κ1) is 15.1. The minimum absolute atomic E-state index is 0.126. The highest BCUT2D eigenvalue weighted by atomic mass is 79.9. The summed E-state index contributed by atoms with van der Waals surface area (Å²) in [6.45, 7) is 1.11. The maximum atomic E-state index is 5.80. The van der Waals surface area contributed by atoms with E-state index in [0.29, 0.717) is 13.2 Å². The molecule has 0 radical (unpaired) electrons. The average Bonchev–Trinajstić information content (AvgIpc) is 2.87. The van der Waals surface area contributed by atoms with Gasteiger partial charge in [0.25, 0.3) is 0 Å². The second-order valence-corrected chi connectivity index (χ2v) is 6.13. The molecule has 2 unspecified atom stereocenters. The molecule has 6 heteroatoms. The number of hydrogen-bond donors (Lipinski definition) is 1. The molecule has 1 aliphatic heterocycles. The van der Waals surface area contributed by atoms with Gasteiger partial charge >= 0.3 is 0 Å². The lowest BCUT2D eigenvalue weighted by molar-refractivity contribution is 0.0220. The standard InChI is InChI=1S/C13H17Br2NO3/c1-17-12-4-11(15)13(5-10(12)14)18-7-9-3-2-8(6-16)19-9/h4-5,8-9H,2-3,6-7,16H2,1H3. The lowest BCUT2D eigenvalue weighted by Crippen LogP contribution is -2.23. The van der Waals surface area contributed by atoms with E-state index in [0.717, 1.165) is 33.3 Å². The molecular weight excluding hydrogens is 378 g/mol. The van der Waals surface area contributed by atoms with E-state index in [1.54, 1.807) is 7.11 Å². The number of benzene rings is 1. The fourth-order valence-corrected chi connectivity index (χ4v) is 2.96. The van der Waals surface area contributed by atoms with Crippen LogP contribution in [0.4, 0.5) is 0 Å². The van der Waals surface area contributed by atoms with Crippen molar-refractivity contribution in [2.75, 3.05) is 20.3 Å². The third-order valence-electron chi connectivity index (χ3n) is 3.09. The molecule has 1 heterocycles. The molecule has 4 nitrogen and oxygen atoms in total. The maximum Gasteiger partial charge on any atom is 0.135 e. The second-order valence-electron chi connectivity index (χ2n) is 4.42. The number of methoxy groups -OCH3 is 1. The van der Waals surface area contributed by atoms with Crippen LogP contribution in [0.3, 0.4) is 0 Å². The van der Waals surface area contributed by atoms with Gasteiger partial charge in [-0.2, -0.15) is 0 Å². The van der Waals surface area contributed by atoms with Crippen molar-refractivity contribution >= 4 is 31.9 Å². The van der Waals surface area contributed by atoms with Gasteiger partial charge in [-0.1, -0.05) is 0 Å². The molecule has 0 aromatic heterocycles. The Labute approximate surface area is 129 Å². The normalized spacial score (nSPS) is 22.5. The van der Waals surface area contributed by atoms with Crippen LogP contribution in [0.25, 0.3) is 0 Å². The van der Waals surface area contributed by atoms with Crippen LogP contribution in [0.5, 0.6) is 11.5 Å². The lowest BCUT2D eigenvalue weighted by Gasteiger charge is -2.15. The van der Waals surface area contributed by atoms with Gasteiger partial charge in [0.2, 0.25) is 0 Å². The molecule has 1 aliphatic rings. The van der Waals surface area contributed by atoms with Gasteiger partial charge in [0.1, 0.15) is 18.1 Å². The van der Waals surface area contributed by atoms with Crippen LogP contribution < -0.4 is 15.2 Å². The summed E-state index contributed by atoms with van der Waals surface area (Å²) in [6.07, 6.45) is 2.32. The van der Waals surface area contributed by atoms with E-state index in [1.165, 1.54) is 0 Å². The third kappa shape index (κ3) is 3.84. The first-order valence-electron chi connectivity index (χ1n) is 6.15. The van der Waals surface area contributed by atoms with Gasteiger partial charge in [0, 0.05) is 6.54 Å². The van der Waals surface area contributed by atoms with Gasteiger partial charge < -0.3 is 19.9 Å². The summed E-state index contributed by atoms with van der Waals surface area (Å²) >= 11 is 6.91. The van der Waals surface area contributed by atoms with E-state index in [4.69, 9.17) is 19.9 Å². The molecule has 0 saturated carbocycles. The van der Waals surface area contributed by atoms with Crippen molar-refractivity contribution in [3.8, 4) is 11.5 Å². The van der Waals surface area contributed by atoms with Gasteiger partial charge in [0.05, 0.1) is 28.3 Å². The Hall–Kier alpha value is -0.300. The second kappa shape index (κ2) is 6.92. The van der Waals surface area contributed by atoms with Crippen molar-refractivity contribution < 1.29 is 14.2 Å². The van der Waals surface area contributed by atoms with Crippen molar-refractivity contribution in [3.05, 3.63) is 21.1 Å². The number of rotatable bonds is 5. The minimum atomic E-state index is 0.126. The zero-order valence-corrected chi connectivity index (χ0v) is 13.9. The van der Waals surface area contributed by atoms with Crippen LogP contribution in [0.15, 0.2) is 21.1 Å². The Balaban J connectivity index is 1.95. The summed E-state index contributed by atoms with van der Waals surface area (Å²) in [5.74, 6) is 1.53. The van der Waals surface area contributed by atoms with Crippen molar-refractivity contribution in [3.63, 3.8) is 0 Å². The Bertz CT molecular complexity index is 442. The fourth-order valence-electron chi connectivity index (χ4n) is 2.04. The maximum absolute atomic E-state index is 5.80. The molecule has 1 fully saturated rings. The number of halogens is 2. The molecule has 19 heavy (non-hydrogen) atoms. The highest BCUT2D eigenvalue weighted by molar-refractivity contribution is 9.11. The van der Waals surface area contributed by atoms with Gasteiger partial charge in [-0.05, 0) is 56.8 Å². The Morgan fingerprint density at radius 1 is 1.21 bits per heavy atom. The molecule has 0 aliphatic carbocycles. The topological polar surface area (TPSA) is 53.7 Å². The SMILES string of the molecule is COc1cc(Br)c(OCC2CCC(CN)O2)cc1Br. The molecule has 0 spiro atoms. The van der Waals surface area contributed by atoms with Crippen LogP contribution in [0.1, 0.15) is 12.8 Å². The van der Waals surface area contributed by atoms with Crippen LogP contribution in [-0.4, -0.2) is 32.5 Å². The van der Waals surface area contributed by atoms with E-state index in [-0.39, 0.29) is 12.2 Å². The number of nitrogens with two attached hydrogens (primary N) is 1. The zero-order chi connectivity index (χ0) is 13.8. The van der Waals surface area contributed by atoms with Crippen molar-refractivity contribution in [2.24, 2.45) is 5.73 Å². The van der Waals surface area contributed by atoms with Gasteiger partial charge in [-0.15, -0.1) is 0 Å². The first-order valence-corrected chi connectivity index (χ1v) is 7.74. The molecule has 0 amide bonds. The van der Waals surface area contributed by atoms with Crippen LogP contribution >= 0.6 is 31.9 Å². The molecule has 2 N–H and O–H groups in total. The van der Waals surface area contributed by atoms with Gasteiger partial charge in [-0.3, -0.25) is 0 Å². The van der Waals surface area contributed by atoms with E-state index >= 15 is 0 Å². The third-order valence-corrected chi connectivity index (χ3v) is 4.33. The quantitative estimate of drug-likeness (QED) is 0.833. The lowest BCUT2D eigenvalue weighted by atomic mass is 10.2. The summed E-state index contributed by atoms with van der Waals surface area (Å²) in [7, 11) is 1.63. The van der Waals surface area contributed by atoms with E-state index in [2.05, 4.69) is 31.9 Å². The molecule has 106 valence electrons. The smallest absolute Gasteiger partial charge is 0.135 e. The Kier molecular flexibility index (Phi) is 5.50. The molecule has 1 saturated heterocycles. The predicted octanol–water partition coefficient (Wildman–Crippen LogP) is 3.11. The largest absolute Gasteiger partial charge is 0.496 e. The average molecular weight is 395 g/mol. The predicted molar refractivity (Wildman–Crippen MR) is 80.8 cm³/mol. The zero-order valence-electron chi connectivity index (χ0n) is 10.7. The van der Waals surface area contributed by atoms with Crippen molar-refractivity contribution in [1.82, 2.24) is 0 Å². The highest BCUT2D eigenvalue weighted by Crippen LogP contribution is 2.36. The first-order chi connectivity index (χ1) is 9.13. The van der Waals surface area contributed by atoms with Crippen LogP contribution in [0, 0.1) is 0 Å². The Morgan fingerprint density at radius 3 is 2.47 bits per heavy atom. The van der Waals surface area contributed by atoms with E-state index < -0.39 is 0 Å². The molecule has 0 bridgehead atoms. The summed E-state index contributed by atoms with van der Waals surface area (Å²) in [5.41, 5.74) is 5.59. The molecular formula is C13H17Br2NO3. The molecule has 2 rings (SSSR count). The fraction of sp³-hybridized carbons (Fsp3) is 0.538. The highest BCUT2D eigenvalue weighted by Gasteiger charge is 2.24. The Morgan fingerprint density at radius 2 is 1.84 bits per heavy atom. The monoisotopic (exact) mass is 393 g/mol. The summed E-state index contributed by atoms with van der Waals surface area (Å²) in [5, 5.41) is 0. The number of hydrogen-bond acceptors (Lipinski definition) is 4. The summed E-state index contributed by atoms with van der Waals surface area (Å²) in [6, 6.07) is 3.76. The summed E-state index contributed by atoms with van der Waals surface area (Å²) in [4.78, 5) is 0. The van der Waals surface area contributed by atoms with E-state index in [1.807, 2.05) is 12.1 Å². The molecule has 1 aromatic carbocycles. The summed E-state index contributed by atoms with van der Waals surface area (Å²) < 4.78 is 18.5. The van der Waals surface area contributed by atoms with Crippen molar-refractivity contribution in [2.45, 2.75) is 25.0 Å². The van der Waals surface area contributed by atoms with E-state index in [9.17, 15) is 0 Å². The van der Waals surface area contributed by atoms with Crippen LogP contribution in [-0.2, 0) is 4.74 Å². The minimum Gasteiger partial charge on any atom is -0.496 e. The van der Waals surface area contributed by atoms with Crippen molar-refractivity contribution in [1.29, 1.82) is 0 Å². The number of ether oxygens (including phenoxy) is 3. The van der Waals surface area contributed by atoms with Gasteiger partial charge in [-0.25, -0.2) is 0 Å².